The highest BCUT2D eigenvalue weighted by Gasteiger charge is 2.34. The van der Waals surface area contributed by atoms with Crippen LogP contribution in [0.4, 0.5) is 22.7 Å². The molecule has 0 amide bonds. The van der Waals surface area contributed by atoms with Gasteiger partial charge in [-0.2, -0.15) is 0 Å². The summed E-state index contributed by atoms with van der Waals surface area (Å²) in [4.78, 5) is 9.96. The van der Waals surface area contributed by atoms with Gasteiger partial charge in [0.1, 0.15) is 24.0 Å². The zero-order valence-corrected chi connectivity index (χ0v) is 49.6. The lowest BCUT2D eigenvalue weighted by Gasteiger charge is -2.32. The maximum Gasteiger partial charge on any atom is 0.137 e. The van der Waals surface area contributed by atoms with Crippen LogP contribution in [0.15, 0.2) is 212 Å². The average molecular weight is 1080 g/mol. The predicted octanol–water partition coefficient (Wildman–Crippen LogP) is 21.4. The molecule has 9 aromatic carbocycles. The molecule has 0 aliphatic carbocycles. The van der Waals surface area contributed by atoms with Gasteiger partial charge in [0.15, 0.2) is 0 Å². The second kappa shape index (κ2) is 20.4. The molecule has 12 rings (SSSR count). The second-order valence-electron chi connectivity index (χ2n) is 26.4. The summed E-state index contributed by atoms with van der Waals surface area (Å²) in [6.07, 6.45) is 1.72. The maximum absolute atomic E-state index is 8.79. The molecular weight excluding hydrogens is 997 g/mol. The van der Waals surface area contributed by atoms with Crippen molar-refractivity contribution in [2.24, 2.45) is 0 Å². The number of hydrogen-bond donors (Lipinski definition) is 0. The Labute approximate surface area is 490 Å². The van der Waals surface area contributed by atoms with Crippen LogP contribution in [0.1, 0.15) is 115 Å². The molecule has 0 radical (unpaired) electrons. The van der Waals surface area contributed by atoms with E-state index in [1.165, 1.54) is 44.5 Å². The number of nitrogens with zero attached hydrogens (tertiary/aromatic N) is 4. The fraction of sp³-hybridized carbons (Fsp3) is 0.234. The SMILES string of the molecule is [2H]C([2H])([2H])c1cc(-n2c3ccccc3c3ccc(Oc4cccc(N5CN(c6c(-c7ccc(-c8ccc(C(C)(C)C)cc8)cc7)cc(C(C)(C)C)cc6-c6ccccc6C(C)(C)C)c6ccccc65)c4)cc32)ncc1-c1cccc(C(C)(C)C)c1. The first-order chi connectivity index (χ1) is 40.3. The van der Waals surface area contributed by atoms with Gasteiger partial charge >= 0.3 is 0 Å². The third kappa shape index (κ3) is 10.2. The molecule has 0 atom stereocenters. The highest BCUT2D eigenvalue weighted by atomic mass is 16.5. The van der Waals surface area contributed by atoms with Crippen LogP contribution >= 0.6 is 0 Å². The van der Waals surface area contributed by atoms with Gasteiger partial charge in [0.2, 0.25) is 0 Å². The first kappa shape index (κ1) is 50.3. The molecule has 1 aliphatic rings. The van der Waals surface area contributed by atoms with Crippen molar-refractivity contribution in [2.75, 3.05) is 16.5 Å². The molecule has 82 heavy (non-hydrogen) atoms. The molecule has 0 saturated heterocycles. The van der Waals surface area contributed by atoms with Gasteiger partial charge in [-0.15, -0.1) is 0 Å². The Kier molecular flexibility index (Phi) is 12.5. The smallest absolute Gasteiger partial charge is 0.137 e. The molecule has 5 heteroatoms. The fourth-order valence-corrected chi connectivity index (χ4v) is 11.8. The number of aromatic nitrogens is 2. The number of fused-ring (bicyclic) bond motifs is 4. The van der Waals surface area contributed by atoms with E-state index in [1.54, 1.807) is 12.3 Å². The number of ether oxygens (including phenoxy) is 1. The van der Waals surface area contributed by atoms with E-state index in [-0.39, 0.29) is 27.2 Å². The van der Waals surface area contributed by atoms with E-state index >= 15 is 0 Å². The Balaban J connectivity index is 0.942. The lowest BCUT2D eigenvalue weighted by Crippen LogP contribution is -2.25. The molecule has 11 aromatic rings. The Morgan fingerprint density at radius 2 is 1.02 bits per heavy atom. The largest absolute Gasteiger partial charge is 0.457 e. The standard InChI is InChI=1S/C77H76N4O/c1-50-42-72(78-48-66(50)54-22-20-23-56(43-54)75(5,6)7)81-68-29-17-15-27-62(68)63-41-40-60(47-71(63)81)82-59-25-21-24-58(46-59)79-49-80(70-31-19-18-30-69(70)79)73-64(53-34-32-51(33-35-53)52-36-38-55(39-37-52)74(2,3)4)44-57(76(8,9)10)45-65(73)61-26-14-16-28-67(61)77(11,12)13/h14-48H,49H2,1-13H3/i1D3. The number of pyridine rings is 1. The highest BCUT2D eigenvalue weighted by molar-refractivity contribution is 6.09. The Hall–Kier alpha value is -8.67. The summed E-state index contributed by atoms with van der Waals surface area (Å²) >= 11 is 0. The van der Waals surface area contributed by atoms with Crippen LogP contribution in [0, 0.1) is 6.85 Å². The van der Waals surface area contributed by atoms with Crippen LogP contribution in [0.5, 0.6) is 11.5 Å². The Morgan fingerprint density at radius 3 is 1.73 bits per heavy atom. The summed E-state index contributed by atoms with van der Waals surface area (Å²) in [5.74, 6) is 1.84. The summed E-state index contributed by atoms with van der Waals surface area (Å²) < 4.78 is 35.3. The summed E-state index contributed by atoms with van der Waals surface area (Å²) in [7, 11) is 0. The minimum absolute atomic E-state index is 0.0770. The van der Waals surface area contributed by atoms with E-state index < -0.39 is 6.85 Å². The summed E-state index contributed by atoms with van der Waals surface area (Å²) in [5, 5.41) is 2.04. The summed E-state index contributed by atoms with van der Waals surface area (Å²) in [5.41, 5.74) is 19.6. The van der Waals surface area contributed by atoms with Crippen LogP contribution in [-0.4, -0.2) is 16.2 Å². The fourth-order valence-electron chi connectivity index (χ4n) is 11.8. The van der Waals surface area contributed by atoms with Gasteiger partial charge in [-0.3, -0.25) is 4.57 Å². The molecule has 0 N–H and O–H groups in total. The first-order valence-electron chi connectivity index (χ1n) is 30.4. The zero-order chi connectivity index (χ0) is 60.0. The molecule has 1 aliphatic heterocycles. The normalized spacial score (nSPS) is 13.8. The number of hydrogen-bond acceptors (Lipinski definition) is 4. The lowest BCUT2D eigenvalue weighted by atomic mass is 9.78. The molecule has 2 aromatic heterocycles. The Morgan fingerprint density at radius 1 is 0.415 bits per heavy atom. The van der Waals surface area contributed by atoms with Gasteiger partial charge in [-0.1, -0.05) is 217 Å². The van der Waals surface area contributed by atoms with Gasteiger partial charge in [0.25, 0.3) is 0 Å². The summed E-state index contributed by atoms with van der Waals surface area (Å²) in [6, 6.07) is 73.4. The van der Waals surface area contributed by atoms with Gasteiger partial charge in [0.05, 0.1) is 28.1 Å². The van der Waals surface area contributed by atoms with Crippen LogP contribution < -0.4 is 14.5 Å². The number of rotatable bonds is 9. The van der Waals surface area contributed by atoms with E-state index in [0.29, 0.717) is 29.5 Å². The average Bonchev–Trinajstić information content (AvgIpc) is 2.18. The third-order valence-electron chi connectivity index (χ3n) is 16.5. The van der Waals surface area contributed by atoms with E-state index in [2.05, 4.69) is 255 Å². The van der Waals surface area contributed by atoms with Crippen molar-refractivity contribution < 1.29 is 8.85 Å². The molecule has 0 saturated carbocycles. The number of benzene rings is 9. The van der Waals surface area contributed by atoms with Crippen LogP contribution in [0.2, 0.25) is 0 Å². The van der Waals surface area contributed by atoms with Gasteiger partial charge in [-0.05, 0) is 145 Å². The molecule has 0 unspecified atom stereocenters. The van der Waals surface area contributed by atoms with Crippen LogP contribution in [0.3, 0.4) is 0 Å². The highest BCUT2D eigenvalue weighted by Crippen LogP contribution is 2.53. The van der Waals surface area contributed by atoms with Crippen LogP contribution in [-0.2, 0) is 21.7 Å². The van der Waals surface area contributed by atoms with Crippen molar-refractivity contribution in [3.63, 3.8) is 0 Å². The summed E-state index contributed by atoms with van der Waals surface area (Å²) in [6.45, 7) is 25.3. The van der Waals surface area contributed by atoms with Crippen molar-refractivity contribution in [1.29, 1.82) is 0 Å². The molecule has 0 spiro atoms. The first-order valence-corrected chi connectivity index (χ1v) is 28.9. The van der Waals surface area contributed by atoms with Crippen LogP contribution in [0.25, 0.3) is 72.1 Å². The minimum atomic E-state index is -2.40. The van der Waals surface area contributed by atoms with Crippen molar-refractivity contribution in [3.8, 4) is 61.8 Å². The van der Waals surface area contributed by atoms with Crippen molar-refractivity contribution >= 4 is 44.6 Å². The molecule has 0 bridgehead atoms. The van der Waals surface area contributed by atoms with E-state index in [0.717, 1.165) is 61.2 Å². The van der Waals surface area contributed by atoms with Crippen molar-refractivity contribution in [2.45, 2.75) is 112 Å². The molecule has 410 valence electrons. The van der Waals surface area contributed by atoms with E-state index in [1.807, 2.05) is 42.5 Å². The molecular formula is C77H76N4O. The van der Waals surface area contributed by atoms with E-state index in [4.69, 9.17) is 13.8 Å². The monoisotopic (exact) mass is 1080 g/mol. The van der Waals surface area contributed by atoms with Gasteiger partial charge < -0.3 is 14.5 Å². The predicted molar refractivity (Wildman–Crippen MR) is 348 cm³/mol. The second-order valence-corrected chi connectivity index (χ2v) is 26.4. The molecule has 0 fully saturated rings. The number of anilines is 4. The van der Waals surface area contributed by atoms with Gasteiger partial charge in [0, 0.05) is 55.6 Å². The quantitative estimate of drug-likeness (QED) is 0.144. The number of aryl methyl sites for hydroxylation is 1. The lowest BCUT2D eigenvalue weighted by molar-refractivity contribution is 0.483. The topological polar surface area (TPSA) is 33.5 Å². The zero-order valence-electron chi connectivity index (χ0n) is 52.6. The number of para-hydroxylation sites is 3. The van der Waals surface area contributed by atoms with Crippen molar-refractivity contribution in [3.05, 3.63) is 240 Å². The van der Waals surface area contributed by atoms with Crippen molar-refractivity contribution in [1.82, 2.24) is 9.55 Å². The Bertz CT molecular complexity index is 4330. The minimum Gasteiger partial charge on any atom is -0.457 e. The van der Waals surface area contributed by atoms with E-state index in [9.17, 15) is 0 Å². The molecule has 5 nitrogen and oxygen atoms in total. The molecule has 3 heterocycles. The maximum atomic E-state index is 8.79. The third-order valence-corrected chi connectivity index (χ3v) is 16.5. The van der Waals surface area contributed by atoms with Gasteiger partial charge in [-0.25, -0.2) is 4.98 Å².